The smallest absolute Gasteiger partial charge is 0.414 e. The molecule has 3 aliphatic rings. The Hall–Kier alpha value is -3.90. The third-order valence-corrected chi connectivity index (χ3v) is 7.16. The number of hydrogen-bond acceptors (Lipinski definition) is 9. The number of nitrogens with zero attached hydrogens (tertiary/aromatic N) is 8. The number of piperazine rings is 1. The van der Waals surface area contributed by atoms with Gasteiger partial charge < -0.3 is 14.5 Å². The Morgan fingerprint density at radius 2 is 1.95 bits per heavy atom. The molecule has 6 rings (SSSR count). The Bertz CT molecular complexity index is 1310. The van der Waals surface area contributed by atoms with Gasteiger partial charge in [0.25, 0.3) is 0 Å². The molecule has 2 fully saturated rings. The summed E-state index contributed by atoms with van der Waals surface area (Å²) in [6.07, 6.45) is 4.71. The second-order valence-corrected chi connectivity index (χ2v) is 9.91. The Labute approximate surface area is 219 Å². The van der Waals surface area contributed by atoms with Crippen molar-refractivity contribution in [3.8, 4) is 11.1 Å². The predicted molar refractivity (Wildman–Crippen MR) is 137 cm³/mol. The molecule has 198 valence electrons. The van der Waals surface area contributed by atoms with E-state index in [-0.39, 0.29) is 6.10 Å². The highest BCUT2D eigenvalue weighted by Gasteiger charge is 2.33. The third kappa shape index (κ3) is 5.22. The summed E-state index contributed by atoms with van der Waals surface area (Å²) >= 11 is 0. The Balaban J connectivity index is 1.08. The molecule has 2 atom stereocenters. The van der Waals surface area contributed by atoms with Gasteiger partial charge in [0.1, 0.15) is 23.7 Å². The minimum Gasteiger partial charge on any atom is -0.442 e. The van der Waals surface area contributed by atoms with Crippen LogP contribution in [0.4, 0.5) is 14.9 Å². The number of likely N-dealkylation sites (N-methyl/N-ethyl adjacent to an activating group) is 1. The molecule has 0 aliphatic carbocycles. The highest BCUT2D eigenvalue weighted by Crippen LogP contribution is 2.29. The number of ether oxygens (including phenoxy) is 1. The highest BCUT2D eigenvalue weighted by molar-refractivity contribution is 5.99. The molecule has 38 heavy (non-hydrogen) atoms. The Kier molecular flexibility index (Phi) is 6.73. The van der Waals surface area contributed by atoms with E-state index < -0.39 is 18.0 Å². The number of anilines is 1. The second-order valence-electron chi connectivity index (χ2n) is 9.91. The summed E-state index contributed by atoms with van der Waals surface area (Å²) in [7, 11) is 2.14. The lowest BCUT2D eigenvalue weighted by Crippen LogP contribution is -2.47. The largest absolute Gasteiger partial charge is 0.442 e. The predicted octanol–water partition coefficient (Wildman–Crippen LogP) is 2.25. The topological polar surface area (TPSA) is 101 Å². The van der Waals surface area contributed by atoms with Gasteiger partial charge in [-0.15, -0.1) is 5.10 Å². The van der Waals surface area contributed by atoms with Crippen molar-refractivity contribution in [1.82, 2.24) is 29.8 Å². The molecule has 0 spiro atoms. The molecular weight excluding hydrogens is 491 g/mol. The number of oxime groups is 1. The standard InChI is InChI=1S/C26H29FN8O3/c1-32-8-10-33(11-9-32)15-20-13-25(30-38-20)24-5-2-18(14-28-24)22-4-3-19(12-23(22)27)35-17-21(37-26(35)36)16-34-7-6-29-31-34/h2-7,12,14,20-21H,8-11,13,15-17H2,1H3/t20?,21-/m0/s1. The average molecular weight is 521 g/mol. The van der Waals surface area contributed by atoms with Gasteiger partial charge in [0.2, 0.25) is 0 Å². The van der Waals surface area contributed by atoms with E-state index in [2.05, 4.69) is 37.3 Å². The first-order chi connectivity index (χ1) is 18.5. The summed E-state index contributed by atoms with van der Waals surface area (Å²) in [4.78, 5) is 28.8. The molecule has 2 saturated heterocycles. The number of benzene rings is 1. The number of cyclic esters (lactones) is 1. The van der Waals surface area contributed by atoms with Gasteiger partial charge >= 0.3 is 6.09 Å². The van der Waals surface area contributed by atoms with Gasteiger partial charge in [0, 0.05) is 62.7 Å². The fraction of sp³-hybridized carbons (Fsp3) is 0.423. The molecule has 5 heterocycles. The van der Waals surface area contributed by atoms with E-state index in [1.807, 2.05) is 12.1 Å². The first kappa shape index (κ1) is 24.4. The number of aromatic nitrogens is 4. The molecule has 3 aromatic rings. The van der Waals surface area contributed by atoms with Crippen molar-refractivity contribution in [2.45, 2.75) is 25.2 Å². The number of pyridine rings is 1. The fourth-order valence-corrected chi connectivity index (χ4v) is 4.99. The van der Waals surface area contributed by atoms with Gasteiger partial charge in [-0.1, -0.05) is 16.4 Å². The van der Waals surface area contributed by atoms with Gasteiger partial charge in [-0.3, -0.25) is 14.8 Å². The molecule has 3 aliphatic heterocycles. The lowest BCUT2D eigenvalue weighted by Gasteiger charge is -2.33. The summed E-state index contributed by atoms with van der Waals surface area (Å²) in [6.45, 7) is 5.72. The molecule has 1 amide bonds. The van der Waals surface area contributed by atoms with Crippen LogP contribution in [0.25, 0.3) is 11.1 Å². The fourth-order valence-electron chi connectivity index (χ4n) is 4.99. The van der Waals surface area contributed by atoms with Crippen LogP contribution in [0, 0.1) is 5.82 Å². The number of hydrogen-bond donors (Lipinski definition) is 0. The summed E-state index contributed by atoms with van der Waals surface area (Å²) in [6, 6.07) is 8.38. The number of carbonyl (C=O) groups is 1. The molecule has 0 radical (unpaired) electrons. The van der Waals surface area contributed by atoms with Crippen molar-refractivity contribution in [3.05, 3.63) is 60.4 Å². The molecular formula is C26H29FN8O3. The summed E-state index contributed by atoms with van der Waals surface area (Å²) in [5, 5.41) is 11.9. The molecule has 11 nitrogen and oxygen atoms in total. The van der Waals surface area contributed by atoms with Crippen LogP contribution in [-0.4, -0.2) is 100 Å². The van der Waals surface area contributed by atoms with E-state index in [0.717, 1.165) is 44.1 Å². The molecule has 1 unspecified atom stereocenters. The van der Waals surface area contributed by atoms with Crippen LogP contribution >= 0.6 is 0 Å². The van der Waals surface area contributed by atoms with Crippen LogP contribution < -0.4 is 4.90 Å². The SMILES string of the molecule is CN1CCN(CC2CC(c3ccc(-c4ccc(N5C[C@H](Cn6ccnn6)OC5=O)cc4F)cn3)=NO2)CC1. The van der Waals surface area contributed by atoms with Gasteiger partial charge in [-0.05, 0) is 31.3 Å². The van der Waals surface area contributed by atoms with Crippen LogP contribution in [0.5, 0.6) is 0 Å². The lowest BCUT2D eigenvalue weighted by atomic mass is 10.0. The van der Waals surface area contributed by atoms with Crippen molar-refractivity contribution in [2.75, 3.05) is 51.2 Å². The normalized spacial score (nSPS) is 22.4. The minimum absolute atomic E-state index is 0.0213. The average Bonchev–Trinajstić information content (AvgIpc) is 3.68. The maximum absolute atomic E-state index is 15.1. The number of rotatable bonds is 7. The van der Waals surface area contributed by atoms with Crippen molar-refractivity contribution in [1.29, 1.82) is 0 Å². The van der Waals surface area contributed by atoms with E-state index in [0.29, 0.717) is 36.3 Å². The maximum atomic E-state index is 15.1. The summed E-state index contributed by atoms with van der Waals surface area (Å²) in [5.74, 6) is -0.446. The zero-order valence-electron chi connectivity index (χ0n) is 21.1. The molecule has 2 aromatic heterocycles. The quantitative estimate of drug-likeness (QED) is 0.468. The van der Waals surface area contributed by atoms with E-state index >= 15 is 4.39 Å². The molecule has 1 aromatic carbocycles. The van der Waals surface area contributed by atoms with Gasteiger partial charge in [0.05, 0.1) is 30.7 Å². The van der Waals surface area contributed by atoms with Crippen LogP contribution in [-0.2, 0) is 16.1 Å². The monoisotopic (exact) mass is 520 g/mol. The third-order valence-electron chi connectivity index (χ3n) is 7.16. The zero-order valence-corrected chi connectivity index (χ0v) is 21.1. The minimum atomic E-state index is -0.515. The summed E-state index contributed by atoms with van der Waals surface area (Å²) < 4.78 is 22.1. The Morgan fingerprint density at radius 1 is 1.08 bits per heavy atom. The van der Waals surface area contributed by atoms with E-state index in [1.165, 1.54) is 11.0 Å². The van der Waals surface area contributed by atoms with Crippen LogP contribution in [0.15, 0.2) is 54.1 Å². The van der Waals surface area contributed by atoms with Crippen LogP contribution in [0.1, 0.15) is 12.1 Å². The first-order valence-electron chi connectivity index (χ1n) is 12.7. The van der Waals surface area contributed by atoms with E-state index in [9.17, 15) is 4.79 Å². The van der Waals surface area contributed by atoms with Gasteiger partial charge in [-0.2, -0.15) is 0 Å². The maximum Gasteiger partial charge on any atom is 0.414 e. The van der Waals surface area contributed by atoms with Crippen molar-refractivity contribution in [3.63, 3.8) is 0 Å². The second kappa shape index (κ2) is 10.5. The van der Waals surface area contributed by atoms with Gasteiger partial charge in [0.15, 0.2) is 0 Å². The van der Waals surface area contributed by atoms with E-state index in [4.69, 9.17) is 9.57 Å². The molecule has 0 bridgehead atoms. The number of carbonyl (C=O) groups excluding carboxylic acids is 1. The molecule has 0 saturated carbocycles. The lowest BCUT2D eigenvalue weighted by molar-refractivity contribution is 0.0384. The van der Waals surface area contributed by atoms with Crippen LogP contribution in [0.2, 0.25) is 0 Å². The number of halogens is 1. The Morgan fingerprint density at radius 3 is 2.68 bits per heavy atom. The highest BCUT2D eigenvalue weighted by atomic mass is 19.1. The molecule has 12 heteroatoms. The van der Waals surface area contributed by atoms with Crippen molar-refractivity contribution in [2.24, 2.45) is 5.16 Å². The summed E-state index contributed by atoms with van der Waals surface area (Å²) in [5.41, 5.74) is 3.01. The number of amides is 1. The van der Waals surface area contributed by atoms with Crippen molar-refractivity contribution >= 4 is 17.5 Å². The molecule has 0 N–H and O–H groups in total. The van der Waals surface area contributed by atoms with Crippen molar-refractivity contribution < 1.29 is 18.8 Å². The van der Waals surface area contributed by atoms with Crippen LogP contribution in [0.3, 0.4) is 0 Å². The van der Waals surface area contributed by atoms with E-state index in [1.54, 1.807) is 35.4 Å². The van der Waals surface area contributed by atoms with Gasteiger partial charge in [-0.25, -0.2) is 13.9 Å². The first-order valence-corrected chi connectivity index (χ1v) is 12.7. The zero-order chi connectivity index (χ0) is 26.1.